The van der Waals surface area contributed by atoms with Crippen molar-refractivity contribution >= 4 is 11.8 Å². The zero-order valence-electron chi connectivity index (χ0n) is 14.0. The summed E-state index contributed by atoms with van der Waals surface area (Å²) in [5.74, 6) is -0.597. The van der Waals surface area contributed by atoms with Crippen LogP contribution in [0, 0.1) is 5.82 Å². The molecule has 2 N–H and O–H groups in total. The van der Waals surface area contributed by atoms with Crippen molar-refractivity contribution in [1.29, 1.82) is 0 Å². The number of likely N-dealkylation sites (tertiary alicyclic amines) is 1. The van der Waals surface area contributed by atoms with Crippen molar-refractivity contribution in [3.63, 3.8) is 0 Å². The summed E-state index contributed by atoms with van der Waals surface area (Å²) in [6, 6.07) is 7.55. The Morgan fingerprint density at radius 1 is 1.40 bits per heavy atom. The van der Waals surface area contributed by atoms with Crippen LogP contribution in [0.25, 0.3) is 0 Å². The first-order chi connectivity index (χ1) is 12.0. The molecule has 1 aromatic carbocycles. The van der Waals surface area contributed by atoms with Crippen LogP contribution in [0.4, 0.5) is 4.39 Å². The molecule has 2 heterocycles. The second-order valence-electron chi connectivity index (χ2n) is 6.31. The lowest BCUT2D eigenvalue weighted by Gasteiger charge is -2.41. The number of amides is 2. The van der Waals surface area contributed by atoms with Gasteiger partial charge >= 0.3 is 0 Å². The highest BCUT2D eigenvalue weighted by Crippen LogP contribution is 2.22. The van der Waals surface area contributed by atoms with Crippen LogP contribution in [0.3, 0.4) is 0 Å². The maximum absolute atomic E-state index is 13.5. The molecular formula is C18H21FN4O2. The molecule has 1 saturated heterocycles. The summed E-state index contributed by atoms with van der Waals surface area (Å²) in [7, 11) is 0. The Morgan fingerprint density at radius 3 is 2.92 bits per heavy atom. The zero-order chi connectivity index (χ0) is 17.8. The summed E-state index contributed by atoms with van der Waals surface area (Å²) < 4.78 is 13.5. The molecule has 2 aromatic rings. The number of aromatic amines is 1. The largest absolute Gasteiger partial charge is 0.346 e. The van der Waals surface area contributed by atoms with Crippen molar-refractivity contribution in [1.82, 2.24) is 20.4 Å². The molecule has 3 rings (SSSR count). The van der Waals surface area contributed by atoms with Crippen molar-refractivity contribution in [3.05, 3.63) is 53.6 Å². The van der Waals surface area contributed by atoms with E-state index in [1.165, 1.54) is 25.3 Å². The first-order valence-electron chi connectivity index (χ1n) is 8.36. The van der Waals surface area contributed by atoms with Crippen molar-refractivity contribution in [3.8, 4) is 0 Å². The van der Waals surface area contributed by atoms with Gasteiger partial charge in [0.1, 0.15) is 11.5 Å². The summed E-state index contributed by atoms with van der Waals surface area (Å²) in [4.78, 5) is 26.2. The molecule has 0 saturated carbocycles. The topological polar surface area (TPSA) is 78.1 Å². The average Bonchev–Trinajstić information content (AvgIpc) is 3.11. The zero-order valence-corrected chi connectivity index (χ0v) is 14.0. The predicted octanol–water partition coefficient (Wildman–Crippen LogP) is 1.90. The van der Waals surface area contributed by atoms with Gasteiger partial charge in [0.15, 0.2) is 0 Å². The van der Waals surface area contributed by atoms with Crippen molar-refractivity contribution in [2.24, 2.45) is 0 Å². The molecule has 2 atom stereocenters. The standard InChI is InChI=1S/C18H21FN4O2/c1-12(24)23-9-3-6-15(21-18(25)16-7-8-20-22-16)17(23)11-13-4-2-5-14(19)10-13/h2,4-5,7-8,10,15,17H,3,6,9,11H2,1H3,(H,20,22)(H,21,25)/t15-,17-/m0/s1. The van der Waals surface area contributed by atoms with Crippen molar-refractivity contribution < 1.29 is 14.0 Å². The minimum absolute atomic E-state index is 0.0399. The van der Waals surface area contributed by atoms with Gasteiger partial charge in [0.25, 0.3) is 5.91 Å². The number of aromatic nitrogens is 2. The van der Waals surface area contributed by atoms with E-state index in [9.17, 15) is 14.0 Å². The number of nitrogens with zero attached hydrogens (tertiary/aromatic N) is 2. The van der Waals surface area contributed by atoms with Crippen LogP contribution < -0.4 is 5.32 Å². The van der Waals surface area contributed by atoms with E-state index >= 15 is 0 Å². The molecule has 1 aliphatic rings. The third kappa shape index (κ3) is 4.04. The predicted molar refractivity (Wildman–Crippen MR) is 90.4 cm³/mol. The lowest BCUT2D eigenvalue weighted by Crippen LogP contribution is -2.57. The van der Waals surface area contributed by atoms with E-state index in [1.54, 1.807) is 17.0 Å². The molecule has 6 nitrogen and oxygen atoms in total. The molecule has 7 heteroatoms. The number of carbonyl (C=O) groups excluding carboxylic acids is 2. The second-order valence-corrected chi connectivity index (χ2v) is 6.31. The van der Waals surface area contributed by atoms with Gasteiger partial charge in [0.05, 0.1) is 12.1 Å². The lowest BCUT2D eigenvalue weighted by atomic mass is 9.90. The SMILES string of the molecule is CC(=O)N1CCC[C@H](NC(=O)c2ccn[nH]2)[C@@H]1Cc1cccc(F)c1. The summed E-state index contributed by atoms with van der Waals surface area (Å²) in [5.41, 5.74) is 1.18. The Balaban J connectivity index is 1.80. The molecule has 0 unspecified atom stereocenters. The fraction of sp³-hybridized carbons (Fsp3) is 0.389. The van der Waals surface area contributed by atoms with Crippen LogP contribution in [0.15, 0.2) is 36.5 Å². The average molecular weight is 344 g/mol. The van der Waals surface area contributed by atoms with E-state index in [4.69, 9.17) is 0 Å². The number of carbonyl (C=O) groups is 2. The van der Waals surface area contributed by atoms with Crippen LogP contribution in [0.5, 0.6) is 0 Å². The molecule has 132 valence electrons. The molecular weight excluding hydrogens is 323 g/mol. The molecule has 0 aliphatic carbocycles. The maximum Gasteiger partial charge on any atom is 0.269 e. The van der Waals surface area contributed by atoms with Crippen LogP contribution in [-0.4, -0.2) is 45.5 Å². The number of rotatable bonds is 4. The van der Waals surface area contributed by atoms with Crippen molar-refractivity contribution in [2.45, 2.75) is 38.3 Å². The monoisotopic (exact) mass is 344 g/mol. The van der Waals surface area contributed by atoms with Gasteiger partial charge < -0.3 is 10.2 Å². The minimum atomic E-state index is -0.305. The minimum Gasteiger partial charge on any atom is -0.346 e. The smallest absolute Gasteiger partial charge is 0.269 e. The van der Waals surface area contributed by atoms with Gasteiger partial charge in [-0.2, -0.15) is 5.10 Å². The van der Waals surface area contributed by atoms with Crippen LogP contribution in [-0.2, 0) is 11.2 Å². The Labute approximate surface area is 145 Å². The second kappa shape index (κ2) is 7.46. The van der Waals surface area contributed by atoms with E-state index < -0.39 is 0 Å². The summed E-state index contributed by atoms with van der Waals surface area (Å²) in [6.07, 6.45) is 3.59. The molecule has 2 amide bonds. The number of hydrogen-bond acceptors (Lipinski definition) is 3. The molecule has 0 bridgehead atoms. The van der Waals surface area contributed by atoms with Gasteiger partial charge in [-0.3, -0.25) is 14.7 Å². The Hall–Kier alpha value is -2.70. The third-order valence-corrected chi connectivity index (χ3v) is 4.58. The van der Waals surface area contributed by atoms with E-state index in [0.29, 0.717) is 18.7 Å². The van der Waals surface area contributed by atoms with Gasteiger partial charge in [0, 0.05) is 19.7 Å². The van der Waals surface area contributed by atoms with Crippen LogP contribution in [0.1, 0.15) is 35.8 Å². The van der Waals surface area contributed by atoms with Crippen molar-refractivity contribution in [2.75, 3.05) is 6.54 Å². The molecule has 1 aromatic heterocycles. The lowest BCUT2D eigenvalue weighted by molar-refractivity contribution is -0.133. The van der Waals surface area contributed by atoms with Crippen LogP contribution in [0.2, 0.25) is 0 Å². The fourth-order valence-electron chi connectivity index (χ4n) is 3.40. The number of halogens is 1. The summed E-state index contributed by atoms with van der Waals surface area (Å²) >= 11 is 0. The normalized spacial score (nSPS) is 20.3. The third-order valence-electron chi connectivity index (χ3n) is 4.58. The number of hydrogen-bond donors (Lipinski definition) is 2. The highest BCUT2D eigenvalue weighted by Gasteiger charge is 2.34. The molecule has 1 fully saturated rings. The molecule has 1 aliphatic heterocycles. The fourth-order valence-corrected chi connectivity index (χ4v) is 3.40. The summed E-state index contributed by atoms with van der Waals surface area (Å²) in [5, 5.41) is 9.42. The van der Waals surface area contributed by atoms with Gasteiger partial charge in [-0.25, -0.2) is 4.39 Å². The van der Waals surface area contributed by atoms with E-state index in [0.717, 1.165) is 18.4 Å². The summed E-state index contributed by atoms with van der Waals surface area (Å²) in [6.45, 7) is 2.17. The first kappa shape index (κ1) is 17.1. The Kier molecular flexibility index (Phi) is 5.11. The van der Waals surface area contributed by atoms with E-state index in [1.807, 2.05) is 6.07 Å². The highest BCUT2D eigenvalue weighted by atomic mass is 19.1. The van der Waals surface area contributed by atoms with Gasteiger partial charge in [0.2, 0.25) is 5.91 Å². The molecule has 0 radical (unpaired) electrons. The number of nitrogens with one attached hydrogen (secondary N) is 2. The first-order valence-corrected chi connectivity index (χ1v) is 8.36. The van der Waals surface area contributed by atoms with Gasteiger partial charge in [-0.05, 0) is 43.0 Å². The Morgan fingerprint density at radius 2 is 2.24 bits per heavy atom. The molecule has 25 heavy (non-hydrogen) atoms. The molecule has 0 spiro atoms. The maximum atomic E-state index is 13.5. The van der Waals surface area contributed by atoms with Gasteiger partial charge in [-0.1, -0.05) is 12.1 Å². The van der Waals surface area contributed by atoms with Gasteiger partial charge in [-0.15, -0.1) is 0 Å². The number of H-pyrrole nitrogens is 1. The van der Waals surface area contributed by atoms with Crippen LogP contribution >= 0.6 is 0 Å². The number of piperidine rings is 1. The quantitative estimate of drug-likeness (QED) is 0.889. The Bertz CT molecular complexity index is 747. The van der Waals surface area contributed by atoms with E-state index in [-0.39, 0.29) is 29.7 Å². The van der Waals surface area contributed by atoms with E-state index in [2.05, 4.69) is 15.5 Å². The number of benzene rings is 1. The highest BCUT2D eigenvalue weighted by molar-refractivity contribution is 5.92.